The molecule has 0 radical (unpaired) electrons. The molecule has 3 aromatic rings. The summed E-state index contributed by atoms with van der Waals surface area (Å²) in [5.74, 6) is 1.26. The Kier molecular flexibility index (Phi) is 3.92. The molecule has 0 amide bonds. The summed E-state index contributed by atoms with van der Waals surface area (Å²) in [4.78, 5) is 14.4. The molecule has 0 aromatic carbocycles. The van der Waals surface area contributed by atoms with Gasteiger partial charge < -0.3 is 20.0 Å². The van der Waals surface area contributed by atoms with Crippen molar-refractivity contribution in [3.05, 3.63) is 45.5 Å². The maximum atomic E-state index is 10.9. The van der Waals surface area contributed by atoms with Crippen LogP contribution in [0.2, 0.25) is 0 Å². The number of nitrogens with zero attached hydrogens (tertiary/aromatic N) is 5. The lowest BCUT2D eigenvalue weighted by Crippen LogP contribution is -2.07. The van der Waals surface area contributed by atoms with Gasteiger partial charge in [-0.25, -0.2) is 4.98 Å². The van der Waals surface area contributed by atoms with Gasteiger partial charge in [-0.15, -0.1) is 0 Å². The van der Waals surface area contributed by atoms with Gasteiger partial charge in [0.25, 0.3) is 0 Å². The van der Waals surface area contributed by atoms with Crippen molar-refractivity contribution >= 4 is 17.3 Å². The monoisotopic (exact) mass is 316 g/mol. The van der Waals surface area contributed by atoms with E-state index in [1.165, 1.54) is 10.7 Å². The van der Waals surface area contributed by atoms with Crippen LogP contribution < -0.4 is 5.32 Å². The van der Waals surface area contributed by atoms with E-state index in [1.807, 2.05) is 13.8 Å². The fourth-order valence-corrected chi connectivity index (χ4v) is 2.42. The van der Waals surface area contributed by atoms with Crippen LogP contribution in [0.3, 0.4) is 0 Å². The first-order chi connectivity index (χ1) is 11.1. The summed E-state index contributed by atoms with van der Waals surface area (Å²) in [5, 5.41) is 22.2. The number of aromatic nitrogens is 4. The van der Waals surface area contributed by atoms with Gasteiger partial charge >= 0.3 is 5.82 Å². The second-order valence-electron chi connectivity index (χ2n) is 5.20. The van der Waals surface area contributed by atoms with Gasteiger partial charge in [-0.2, -0.15) is 0 Å². The molecule has 3 aromatic heterocycles. The van der Waals surface area contributed by atoms with Crippen LogP contribution in [-0.2, 0) is 6.42 Å². The fourth-order valence-electron chi connectivity index (χ4n) is 2.42. The minimum atomic E-state index is -0.506. The van der Waals surface area contributed by atoms with Crippen LogP contribution in [0.5, 0.6) is 0 Å². The van der Waals surface area contributed by atoms with Crippen molar-refractivity contribution in [3.63, 3.8) is 0 Å². The zero-order valence-corrected chi connectivity index (χ0v) is 12.8. The fraction of sp³-hybridized carbons (Fsp3) is 0.357. The molecule has 0 atom stereocenters. The molecule has 1 N–H and O–H groups in total. The van der Waals surface area contributed by atoms with Crippen molar-refractivity contribution in [2.24, 2.45) is 0 Å². The molecular weight excluding hydrogens is 300 g/mol. The molecule has 0 aliphatic rings. The van der Waals surface area contributed by atoms with Crippen molar-refractivity contribution in [2.75, 3.05) is 11.9 Å². The highest BCUT2D eigenvalue weighted by Gasteiger charge is 2.15. The topological polar surface area (TPSA) is 111 Å². The SMILES string of the molecule is Cc1noc(C)c1CCCNc1ccc2ncc([N+](=O)[O-])n2n1. The lowest BCUT2D eigenvalue weighted by atomic mass is 10.1. The molecule has 120 valence electrons. The van der Waals surface area contributed by atoms with E-state index in [0.717, 1.165) is 29.9 Å². The quantitative estimate of drug-likeness (QED) is 0.422. The third kappa shape index (κ3) is 2.98. The van der Waals surface area contributed by atoms with Gasteiger partial charge in [0, 0.05) is 18.2 Å². The van der Waals surface area contributed by atoms with Gasteiger partial charge in [-0.1, -0.05) is 14.8 Å². The molecule has 0 saturated heterocycles. The average Bonchev–Trinajstić information content (AvgIpc) is 3.08. The van der Waals surface area contributed by atoms with E-state index in [9.17, 15) is 10.1 Å². The van der Waals surface area contributed by atoms with Crippen LogP contribution in [0.1, 0.15) is 23.4 Å². The van der Waals surface area contributed by atoms with E-state index in [1.54, 1.807) is 12.1 Å². The zero-order chi connectivity index (χ0) is 16.4. The third-order valence-corrected chi connectivity index (χ3v) is 3.62. The van der Waals surface area contributed by atoms with Crippen molar-refractivity contribution < 1.29 is 9.45 Å². The number of hydrogen-bond donors (Lipinski definition) is 1. The zero-order valence-electron chi connectivity index (χ0n) is 12.8. The van der Waals surface area contributed by atoms with Gasteiger partial charge in [0.05, 0.1) is 5.69 Å². The highest BCUT2D eigenvalue weighted by atomic mass is 16.6. The third-order valence-electron chi connectivity index (χ3n) is 3.62. The molecule has 0 bridgehead atoms. The molecular formula is C14H16N6O3. The highest BCUT2D eigenvalue weighted by Crippen LogP contribution is 2.16. The van der Waals surface area contributed by atoms with Crippen LogP contribution >= 0.6 is 0 Å². The predicted octanol–water partition coefficient (Wildman–Crippen LogP) is 2.29. The highest BCUT2D eigenvalue weighted by molar-refractivity contribution is 5.48. The summed E-state index contributed by atoms with van der Waals surface area (Å²) in [5.41, 5.74) is 2.48. The van der Waals surface area contributed by atoms with Crippen molar-refractivity contribution in [3.8, 4) is 0 Å². The number of hydrogen-bond acceptors (Lipinski definition) is 7. The lowest BCUT2D eigenvalue weighted by Gasteiger charge is -2.04. The molecule has 0 aliphatic carbocycles. The summed E-state index contributed by atoms with van der Waals surface area (Å²) in [6.07, 6.45) is 2.92. The average molecular weight is 316 g/mol. The van der Waals surface area contributed by atoms with E-state index >= 15 is 0 Å². The van der Waals surface area contributed by atoms with Crippen LogP contribution in [0.4, 0.5) is 11.6 Å². The number of anilines is 1. The van der Waals surface area contributed by atoms with Crippen LogP contribution in [0.15, 0.2) is 22.9 Å². The summed E-state index contributed by atoms with van der Waals surface area (Å²) >= 11 is 0. The van der Waals surface area contributed by atoms with Crippen LogP contribution in [0, 0.1) is 24.0 Å². The van der Waals surface area contributed by atoms with Gasteiger partial charge in [0.1, 0.15) is 12.0 Å². The second kappa shape index (κ2) is 6.03. The Morgan fingerprint density at radius 2 is 2.22 bits per heavy atom. The molecule has 3 rings (SSSR count). The van der Waals surface area contributed by atoms with Crippen molar-refractivity contribution in [2.45, 2.75) is 26.7 Å². The molecule has 9 heteroatoms. The van der Waals surface area contributed by atoms with Crippen molar-refractivity contribution in [1.82, 2.24) is 19.8 Å². The largest absolute Gasteiger partial charge is 0.368 e. The Labute approximate surface area is 131 Å². The summed E-state index contributed by atoms with van der Waals surface area (Å²) < 4.78 is 6.35. The molecule has 0 unspecified atom stereocenters. The minimum absolute atomic E-state index is 0.153. The lowest BCUT2D eigenvalue weighted by molar-refractivity contribution is -0.391. The Bertz CT molecular complexity index is 834. The number of nitro groups is 1. The minimum Gasteiger partial charge on any atom is -0.367 e. The van der Waals surface area contributed by atoms with E-state index in [2.05, 4.69) is 20.6 Å². The molecule has 0 saturated carbocycles. The number of fused-ring (bicyclic) bond motifs is 1. The van der Waals surface area contributed by atoms with Gasteiger partial charge in [-0.05, 0) is 37.7 Å². The molecule has 0 spiro atoms. The predicted molar refractivity (Wildman–Crippen MR) is 82.4 cm³/mol. The Morgan fingerprint density at radius 1 is 1.39 bits per heavy atom. The standard InChI is InChI=1S/C14H16N6O3/c1-9-11(10(2)23-18-9)4-3-7-15-12-5-6-13-16-8-14(20(21)22)19(13)17-12/h5-6,8H,3-4,7H2,1-2H3,(H,15,17). The molecule has 23 heavy (non-hydrogen) atoms. The van der Waals surface area contributed by atoms with Gasteiger partial charge in [0.2, 0.25) is 5.65 Å². The first-order valence-electron chi connectivity index (χ1n) is 7.21. The van der Waals surface area contributed by atoms with E-state index in [4.69, 9.17) is 4.52 Å². The maximum Gasteiger partial charge on any atom is 0.368 e. The smallest absolute Gasteiger partial charge is 0.367 e. The number of aryl methyl sites for hydroxylation is 2. The van der Waals surface area contributed by atoms with Crippen molar-refractivity contribution in [1.29, 1.82) is 0 Å². The van der Waals surface area contributed by atoms with Gasteiger partial charge in [0.15, 0.2) is 5.82 Å². The Balaban J connectivity index is 1.63. The summed E-state index contributed by atoms with van der Waals surface area (Å²) in [7, 11) is 0. The normalized spacial score (nSPS) is 11.0. The van der Waals surface area contributed by atoms with Gasteiger partial charge in [-0.3, -0.25) is 0 Å². The van der Waals surface area contributed by atoms with Crippen LogP contribution in [-0.4, -0.2) is 31.2 Å². The van der Waals surface area contributed by atoms with E-state index in [0.29, 0.717) is 18.0 Å². The number of nitrogens with one attached hydrogen (secondary N) is 1. The maximum absolute atomic E-state index is 10.9. The molecule has 0 fully saturated rings. The summed E-state index contributed by atoms with van der Waals surface area (Å²) in [6, 6.07) is 3.44. The molecule has 9 nitrogen and oxygen atoms in total. The first-order valence-corrected chi connectivity index (χ1v) is 7.21. The number of imidazole rings is 1. The van der Waals surface area contributed by atoms with E-state index in [-0.39, 0.29) is 5.82 Å². The molecule has 3 heterocycles. The van der Waals surface area contributed by atoms with E-state index < -0.39 is 4.92 Å². The second-order valence-corrected chi connectivity index (χ2v) is 5.20. The summed E-state index contributed by atoms with van der Waals surface area (Å²) in [6.45, 7) is 4.51. The Morgan fingerprint density at radius 3 is 2.91 bits per heavy atom. The first kappa shape index (κ1) is 14.9. The molecule has 0 aliphatic heterocycles. The Hall–Kier alpha value is -2.97. The number of rotatable bonds is 6. The van der Waals surface area contributed by atoms with Crippen LogP contribution in [0.25, 0.3) is 5.65 Å².